The van der Waals surface area contributed by atoms with Crippen LogP contribution in [0.25, 0.3) is 5.69 Å². The van der Waals surface area contributed by atoms with Gasteiger partial charge in [-0.1, -0.05) is 24.3 Å². The van der Waals surface area contributed by atoms with Gasteiger partial charge in [0, 0.05) is 4.88 Å². The van der Waals surface area contributed by atoms with Crippen LogP contribution in [-0.4, -0.2) is 34.9 Å². The van der Waals surface area contributed by atoms with E-state index in [0.717, 1.165) is 10.6 Å². The highest BCUT2D eigenvalue weighted by Crippen LogP contribution is 2.20. The van der Waals surface area contributed by atoms with E-state index >= 15 is 0 Å². The van der Waals surface area contributed by atoms with E-state index < -0.39 is 12.1 Å². The van der Waals surface area contributed by atoms with Crippen LogP contribution >= 0.6 is 11.3 Å². The van der Waals surface area contributed by atoms with E-state index in [1.165, 1.54) is 18.7 Å². The Morgan fingerprint density at radius 2 is 2.00 bits per heavy atom. The van der Waals surface area contributed by atoms with Gasteiger partial charge in [0.2, 0.25) is 5.69 Å². The molecule has 7 nitrogen and oxygen atoms in total. The summed E-state index contributed by atoms with van der Waals surface area (Å²) in [4.78, 5) is 25.6. The monoisotopic (exact) mass is 385 g/mol. The third-order valence-corrected chi connectivity index (χ3v) is 4.66. The molecule has 0 spiro atoms. The van der Waals surface area contributed by atoms with Gasteiger partial charge in [-0.25, -0.2) is 9.48 Å². The number of methoxy groups -OCH3 is 1. The lowest BCUT2D eigenvalue weighted by molar-refractivity contribution is -0.129. The number of esters is 1. The Morgan fingerprint density at radius 3 is 2.67 bits per heavy atom. The first-order valence-electron chi connectivity index (χ1n) is 8.28. The van der Waals surface area contributed by atoms with E-state index in [1.54, 1.807) is 17.5 Å². The molecule has 0 saturated carbocycles. The average molecular weight is 385 g/mol. The van der Waals surface area contributed by atoms with Gasteiger partial charge in [-0.05, 0) is 30.5 Å². The number of benzene rings is 1. The third kappa shape index (κ3) is 4.53. The second kappa shape index (κ2) is 8.50. The summed E-state index contributed by atoms with van der Waals surface area (Å²) in [6.07, 6.45) is 0.636. The van der Waals surface area contributed by atoms with Gasteiger partial charge in [0.15, 0.2) is 11.9 Å². The molecule has 0 fully saturated rings. The summed E-state index contributed by atoms with van der Waals surface area (Å²) in [5, 5.41) is 8.91. The number of amides is 1. The SMILES string of the molecule is COc1cn(-c2ccccc2)nc1C(=O)O[C@H](C)C(=O)NCc1cccs1. The summed E-state index contributed by atoms with van der Waals surface area (Å²) < 4.78 is 12.0. The Labute approximate surface area is 160 Å². The fourth-order valence-electron chi connectivity index (χ4n) is 2.36. The van der Waals surface area contributed by atoms with Gasteiger partial charge >= 0.3 is 5.97 Å². The summed E-state index contributed by atoms with van der Waals surface area (Å²) >= 11 is 1.54. The highest BCUT2D eigenvalue weighted by atomic mass is 32.1. The second-order valence-corrected chi connectivity index (χ2v) is 6.70. The van der Waals surface area contributed by atoms with Crippen LogP contribution < -0.4 is 10.1 Å². The number of ether oxygens (including phenoxy) is 2. The number of hydrogen-bond acceptors (Lipinski definition) is 6. The molecule has 1 amide bonds. The first-order chi connectivity index (χ1) is 13.1. The maximum atomic E-state index is 12.5. The maximum Gasteiger partial charge on any atom is 0.363 e. The molecular formula is C19H19N3O4S. The van der Waals surface area contributed by atoms with Crippen LogP contribution in [0, 0.1) is 0 Å². The van der Waals surface area contributed by atoms with E-state index in [0.29, 0.717) is 6.54 Å². The van der Waals surface area contributed by atoms with Crippen LogP contribution in [0.2, 0.25) is 0 Å². The molecule has 140 valence electrons. The molecule has 3 rings (SSSR count). The van der Waals surface area contributed by atoms with E-state index in [1.807, 2.05) is 47.8 Å². The number of carbonyl (C=O) groups is 2. The van der Waals surface area contributed by atoms with Gasteiger partial charge in [0.05, 0.1) is 25.5 Å². The number of para-hydroxylation sites is 1. The molecule has 0 saturated heterocycles. The number of carbonyl (C=O) groups excluding carboxylic acids is 2. The molecule has 0 aliphatic carbocycles. The number of rotatable bonds is 7. The summed E-state index contributed by atoms with van der Waals surface area (Å²) in [6, 6.07) is 13.1. The number of nitrogens with one attached hydrogen (secondary N) is 1. The Bertz CT molecular complexity index is 906. The molecular weight excluding hydrogens is 366 g/mol. The van der Waals surface area contributed by atoms with Crippen LogP contribution in [0.1, 0.15) is 22.3 Å². The summed E-state index contributed by atoms with van der Waals surface area (Å²) in [7, 11) is 1.44. The van der Waals surface area contributed by atoms with Gasteiger partial charge in [-0.3, -0.25) is 4.79 Å². The van der Waals surface area contributed by atoms with Crippen LogP contribution in [0.3, 0.4) is 0 Å². The highest BCUT2D eigenvalue weighted by Gasteiger charge is 2.24. The van der Waals surface area contributed by atoms with Crippen molar-refractivity contribution in [1.29, 1.82) is 0 Å². The smallest absolute Gasteiger partial charge is 0.363 e. The zero-order valence-corrected chi connectivity index (χ0v) is 15.7. The van der Waals surface area contributed by atoms with Crippen LogP contribution in [-0.2, 0) is 16.1 Å². The fraction of sp³-hybridized carbons (Fsp3) is 0.211. The van der Waals surface area contributed by atoms with Gasteiger partial charge in [0.1, 0.15) is 0 Å². The molecule has 1 atom stereocenters. The van der Waals surface area contributed by atoms with Gasteiger partial charge in [0.25, 0.3) is 5.91 Å². The first-order valence-corrected chi connectivity index (χ1v) is 9.16. The quantitative estimate of drug-likeness (QED) is 0.633. The molecule has 1 N–H and O–H groups in total. The Balaban J connectivity index is 1.66. The van der Waals surface area contributed by atoms with E-state index in [9.17, 15) is 9.59 Å². The van der Waals surface area contributed by atoms with Crippen molar-refractivity contribution < 1.29 is 19.1 Å². The minimum atomic E-state index is -0.955. The fourth-order valence-corrected chi connectivity index (χ4v) is 3.01. The highest BCUT2D eigenvalue weighted by molar-refractivity contribution is 7.09. The molecule has 8 heteroatoms. The van der Waals surface area contributed by atoms with Crippen LogP contribution in [0.5, 0.6) is 5.75 Å². The molecule has 0 aliphatic heterocycles. The van der Waals surface area contributed by atoms with Crippen molar-refractivity contribution in [1.82, 2.24) is 15.1 Å². The molecule has 0 bridgehead atoms. The molecule has 0 radical (unpaired) electrons. The lowest BCUT2D eigenvalue weighted by atomic mass is 10.3. The molecule has 1 aromatic carbocycles. The lowest BCUT2D eigenvalue weighted by Crippen LogP contribution is -2.35. The standard InChI is InChI=1S/C19H19N3O4S/c1-13(18(23)20-11-15-9-6-10-27-15)26-19(24)17-16(25-2)12-22(21-17)14-7-4-3-5-8-14/h3-10,12-13H,11H2,1-2H3,(H,20,23)/t13-/m1/s1. The molecule has 2 aromatic heterocycles. The zero-order chi connectivity index (χ0) is 19.2. The molecule has 0 aliphatic rings. The van der Waals surface area contributed by atoms with Crippen molar-refractivity contribution in [2.24, 2.45) is 0 Å². The number of hydrogen-bond donors (Lipinski definition) is 1. The normalized spacial score (nSPS) is 11.6. The lowest BCUT2D eigenvalue weighted by Gasteiger charge is -2.12. The Morgan fingerprint density at radius 1 is 1.22 bits per heavy atom. The summed E-state index contributed by atoms with van der Waals surface area (Å²) in [6.45, 7) is 1.91. The van der Waals surface area contributed by atoms with Crippen LogP contribution in [0.15, 0.2) is 54.0 Å². The van der Waals surface area contributed by atoms with Gasteiger partial charge in [-0.2, -0.15) is 5.10 Å². The topological polar surface area (TPSA) is 82.5 Å². The van der Waals surface area contributed by atoms with E-state index in [4.69, 9.17) is 9.47 Å². The average Bonchev–Trinajstić information content (AvgIpc) is 3.36. The maximum absolute atomic E-state index is 12.5. The second-order valence-electron chi connectivity index (χ2n) is 5.67. The molecule has 3 aromatic rings. The summed E-state index contributed by atoms with van der Waals surface area (Å²) in [5.41, 5.74) is 0.788. The van der Waals surface area contributed by atoms with Gasteiger partial charge in [-0.15, -0.1) is 11.3 Å². The zero-order valence-electron chi connectivity index (χ0n) is 14.9. The molecule has 2 heterocycles. The van der Waals surface area contributed by atoms with E-state index in [-0.39, 0.29) is 17.4 Å². The van der Waals surface area contributed by atoms with Crippen molar-refractivity contribution in [2.75, 3.05) is 7.11 Å². The minimum absolute atomic E-state index is 0.0132. The minimum Gasteiger partial charge on any atom is -0.493 e. The molecule has 27 heavy (non-hydrogen) atoms. The predicted molar refractivity (Wildman–Crippen MR) is 101 cm³/mol. The number of thiophene rings is 1. The van der Waals surface area contributed by atoms with Crippen molar-refractivity contribution in [3.63, 3.8) is 0 Å². The first kappa shape index (κ1) is 18.7. The Hall–Kier alpha value is -3.13. The van der Waals surface area contributed by atoms with Crippen molar-refractivity contribution in [3.8, 4) is 11.4 Å². The van der Waals surface area contributed by atoms with Crippen molar-refractivity contribution in [2.45, 2.75) is 19.6 Å². The molecule has 0 unspecified atom stereocenters. The Kier molecular flexibility index (Phi) is 5.87. The number of nitrogens with zero attached hydrogens (tertiary/aromatic N) is 2. The van der Waals surface area contributed by atoms with Crippen molar-refractivity contribution in [3.05, 3.63) is 64.6 Å². The third-order valence-electron chi connectivity index (χ3n) is 3.78. The van der Waals surface area contributed by atoms with E-state index in [2.05, 4.69) is 10.4 Å². The number of aromatic nitrogens is 2. The largest absolute Gasteiger partial charge is 0.493 e. The van der Waals surface area contributed by atoms with Gasteiger partial charge < -0.3 is 14.8 Å². The van der Waals surface area contributed by atoms with Crippen molar-refractivity contribution >= 4 is 23.2 Å². The predicted octanol–water partition coefficient (Wildman–Crippen LogP) is 2.80. The summed E-state index contributed by atoms with van der Waals surface area (Å²) in [5.74, 6) is -0.825. The van der Waals surface area contributed by atoms with Crippen LogP contribution in [0.4, 0.5) is 0 Å².